The second-order valence-electron chi connectivity index (χ2n) is 5.93. The first-order valence-corrected chi connectivity index (χ1v) is 8.28. The van der Waals surface area contributed by atoms with E-state index in [9.17, 15) is 4.79 Å². The van der Waals surface area contributed by atoms with Crippen LogP contribution in [0.1, 0.15) is 37.8 Å². The average Bonchev–Trinajstić information content (AvgIpc) is 2.57. The molecule has 0 heterocycles. The molecule has 0 aliphatic rings. The third-order valence-corrected chi connectivity index (χ3v) is 3.86. The first kappa shape index (κ1) is 18.0. The van der Waals surface area contributed by atoms with Crippen LogP contribution in [0.4, 0.5) is 5.69 Å². The SMILES string of the molecule is CC(C)c1ccc(/C=N\NC(=O)[C@@H](C)Nc2ccc(Cl)cc2)cc1. The van der Waals surface area contributed by atoms with Crippen LogP contribution in [-0.2, 0) is 4.79 Å². The first-order valence-electron chi connectivity index (χ1n) is 7.90. The van der Waals surface area contributed by atoms with Crippen molar-refractivity contribution in [1.82, 2.24) is 5.43 Å². The monoisotopic (exact) mass is 343 g/mol. The van der Waals surface area contributed by atoms with Crippen LogP contribution in [0.3, 0.4) is 0 Å². The molecule has 4 nitrogen and oxygen atoms in total. The third-order valence-electron chi connectivity index (χ3n) is 3.61. The van der Waals surface area contributed by atoms with Crippen LogP contribution in [0.15, 0.2) is 53.6 Å². The fourth-order valence-electron chi connectivity index (χ4n) is 2.10. The standard InChI is InChI=1S/C19H22ClN3O/c1-13(2)16-6-4-15(5-7-16)12-21-23-19(24)14(3)22-18-10-8-17(20)9-11-18/h4-14,22H,1-3H3,(H,23,24)/b21-12-/t14-/m1/s1. The topological polar surface area (TPSA) is 53.5 Å². The Hall–Kier alpha value is -2.33. The van der Waals surface area contributed by atoms with Gasteiger partial charge in [0.1, 0.15) is 6.04 Å². The van der Waals surface area contributed by atoms with Crippen LogP contribution < -0.4 is 10.7 Å². The Morgan fingerprint density at radius 1 is 1.04 bits per heavy atom. The van der Waals surface area contributed by atoms with Crippen LogP contribution >= 0.6 is 11.6 Å². The van der Waals surface area contributed by atoms with E-state index in [1.807, 2.05) is 24.3 Å². The molecule has 5 heteroatoms. The van der Waals surface area contributed by atoms with Crippen LogP contribution in [0.2, 0.25) is 5.02 Å². The van der Waals surface area contributed by atoms with Gasteiger partial charge in [0.15, 0.2) is 0 Å². The maximum Gasteiger partial charge on any atom is 0.262 e. The number of hydrazone groups is 1. The molecular weight excluding hydrogens is 322 g/mol. The molecule has 0 aliphatic carbocycles. The molecule has 24 heavy (non-hydrogen) atoms. The fraction of sp³-hybridized carbons (Fsp3) is 0.263. The molecule has 0 aliphatic heterocycles. The molecule has 0 bridgehead atoms. The minimum atomic E-state index is -0.411. The predicted molar refractivity (Wildman–Crippen MR) is 101 cm³/mol. The van der Waals surface area contributed by atoms with Crippen molar-refractivity contribution < 1.29 is 4.79 Å². The van der Waals surface area contributed by atoms with Gasteiger partial charge in [-0.15, -0.1) is 0 Å². The molecule has 126 valence electrons. The van der Waals surface area contributed by atoms with E-state index in [0.717, 1.165) is 11.3 Å². The summed E-state index contributed by atoms with van der Waals surface area (Å²) in [7, 11) is 0. The van der Waals surface area contributed by atoms with Crippen LogP contribution in [0.5, 0.6) is 0 Å². The van der Waals surface area contributed by atoms with Crippen molar-refractivity contribution in [2.24, 2.45) is 5.10 Å². The quantitative estimate of drug-likeness (QED) is 0.602. The molecule has 0 aromatic heterocycles. The molecule has 2 aromatic carbocycles. The molecule has 1 atom stereocenters. The zero-order chi connectivity index (χ0) is 17.5. The second kappa shape index (κ2) is 8.50. The second-order valence-corrected chi connectivity index (χ2v) is 6.36. The van der Waals surface area contributed by atoms with Crippen molar-refractivity contribution in [2.75, 3.05) is 5.32 Å². The highest BCUT2D eigenvalue weighted by Gasteiger charge is 2.11. The van der Waals surface area contributed by atoms with E-state index in [0.29, 0.717) is 10.9 Å². The Kier molecular flexibility index (Phi) is 6.38. The number of carbonyl (C=O) groups excluding carboxylic acids is 1. The van der Waals surface area contributed by atoms with Crippen LogP contribution in [0.25, 0.3) is 0 Å². The predicted octanol–water partition coefficient (Wildman–Crippen LogP) is 4.41. The summed E-state index contributed by atoms with van der Waals surface area (Å²) < 4.78 is 0. The smallest absolute Gasteiger partial charge is 0.262 e. The van der Waals surface area contributed by atoms with E-state index >= 15 is 0 Å². The molecule has 0 radical (unpaired) electrons. The van der Waals surface area contributed by atoms with Crippen LogP contribution in [-0.4, -0.2) is 18.2 Å². The number of rotatable bonds is 6. The van der Waals surface area contributed by atoms with Crippen molar-refractivity contribution in [3.8, 4) is 0 Å². The van der Waals surface area contributed by atoms with Gasteiger partial charge in [-0.1, -0.05) is 49.7 Å². The molecule has 0 saturated heterocycles. The Balaban J connectivity index is 1.86. The summed E-state index contributed by atoms with van der Waals surface area (Å²) in [5.74, 6) is 0.287. The minimum Gasteiger partial charge on any atom is -0.374 e. The molecule has 2 aromatic rings. The highest BCUT2D eigenvalue weighted by Crippen LogP contribution is 2.15. The zero-order valence-corrected chi connectivity index (χ0v) is 14.8. The number of nitrogens with one attached hydrogen (secondary N) is 2. The van der Waals surface area contributed by atoms with Crippen molar-refractivity contribution >= 4 is 29.4 Å². The number of amides is 1. The van der Waals surface area contributed by atoms with Gasteiger partial charge in [-0.2, -0.15) is 5.10 Å². The first-order chi connectivity index (χ1) is 11.5. The van der Waals surface area contributed by atoms with Gasteiger partial charge in [-0.25, -0.2) is 5.43 Å². The molecular formula is C19H22ClN3O. The minimum absolute atomic E-state index is 0.208. The lowest BCUT2D eigenvalue weighted by atomic mass is 10.0. The van der Waals surface area contributed by atoms with Gasteiger partial charge in [0, 0.05) is 10.7 Å². The maximum absolute atomic E-state index is 12.0. The summed E-state index contributed by atoms with van der Waals surface area (Å²) in [5.41, 5.74) is 5.59. The summed E-state index contributed by atoms with van der Waals surface area (Å²) in [6.45, 7) is 6.08. The van der Waals surface area contributed by atoms with Gasteiger partial charge in [0.05, 0.1) is 6.21 Å². The number of hydrogen-bond donors (Lipinski definition) is 2. The zero-order valence-electron chi connectivity index (χ0n) is 14.1. The number of carbonyl (C=O) groups is 1. The van der Waals surface area contributed by atoms with E-state index in [2.05, 4.69) is 41.8 Å². The Bertz CT molecular complexity index is 694. The largest absolute Gasteiger partial charge is 0.374 e. The summed E-state index contributed by atoms with van der Waals surface area (Å²) in [5, 5.41) is 7.76. The summed E-state index contributed by atoms with van der Waals surface area (Å²) >= 11 is 5.84. The molecule has 0 fully saturated rings. The van der Waals surface area contributed by atoms with Gasteiger partial charge in [0.25, 0.3) is 5.91 Å². The van der Waals surface area contributed by atoms with Crippen molar-refractivity contribution in [1.29, 1.82) is 0 Å². The number of benzene rings is 2. The third kappa shape index (κ3) is 5.39. The molecule has 0 saturated carbocycles. The van der Waals surface area contributed by atoms with E-state index in [1.54, 1.807) is 25.3 Å². The van der Waals surface area contributed by atoms with E-state index < -0.39 is 6.04 Å². The van der Waals surface area contributed by atoms with E-state index in [1.165, 1.54) is 5.56 Å². The molecule has 2 N–H and O–H groups in total. The molecule has 0 spiro atoms. The Morgan fingerprint density at radius 3 is 2.25 bits per heavy atom. The van der Waals surface area contributed by atoms with E-state index in [4.69, 9.17) is 11.6 Å². The van der Waals surface area contributed by atoms with Gasteiger partial charge >= 0.3 is 0 Å². The normalized spacial score (nSPS) is 12.4. The molecule has 2 rings (SSSR count). The van der Waals surface area contributed by atoms with Gasteiger partial charge in [-0.3, -0.25) is 4.79 Å². The number of hydrogen-bond acceptors (Lipinski definition) is 3. The van der Waals surface area contributed by atoms with Crippen molar-refractivity contribution in [3.63, 3.8) is 0 Å². The van der Waals surface area contributed by atoms with Crippen molar-refractivity contribution in [3.05, 3.63) is 64.7 Å². The summed E-state index contributed by atoms with van der Waals surface area (Å²) in [4.78, 5) is 12.0. The van der Waals surface area contributed by atoms with Gasteiger partial charge < -0.3 is 5.32 Å². The lowest BCUT2D eigenvalue weighted by molar-refractivity contribution is -0.121. The number of halogens is 1. The molecule has 1 amide bonds. The number of anilines is 1. The Labute approximate surface area is 147 Å². The van der Waals surface area contributed by atoms with Gasteiger partial charge in [0.2, 0.25) is 0 Å². The van der Waals surface area contributed by atoms with Crippen molar-refractivity contribution in [2.45, 2.75) is 32.7 Å². The summed E-state index contributed by atoms with van der Waals surface area (Å²) in [6.07, 6.45) is 1.64. The maximum atomic E-state index is 12.0. The number of nitrogens with zero attached hydrogens (tertiary/aromatic N) is 1. The van der Waals surface area contributed by atoms with E-state index in [-0.39, 0.29) is 5.91 Å². The van der Waals surface area contributed by atoms with Crippen LogP contribution in [0, 0.1) is 0 Å². The lowest BCUT2D eigenvalue weighted by Gasteiger charge is -2.13. The highest BCUT2D eigenvalue weighted by atomic mass is 35.5. The average molecular weight is 344 g/mol. The molecule has 0 unspecified atom stereocenters. The highest BCUT2D eigenvalue weighted by molar-refractivity contribution is 6.30. The lowest BCUT2D eigenvalue weighted by Crippen LogP contribution is -2.34. The van der Waals surface area contributed by atoms with Gasteiger partial charge in [-0.05, 0) is 48.2 Å². The summed E-state index contributed by atoms with van der Waals surface area (Å²) in [6, 6.07) is 14.9. The Morgan fingerprint density at radius 2 is 1.67 bits per heavy atom. The fourth-order valence-corrected chi connectivity index (χ4v) is 2.22.